The predicted octanol–water partition coefficient (Wildman–Crippen LogP) is 1.67. The Morgan fingerprint density at radius 3 is 2.84 bits per heavy atom. The van der Waals surface area contributed by atoms with E-state index in [1.165, 1.54) is 0 Å². The van der Waals surface area contributed by atoms with Crippen LogP contribution in [0.15, 0.2) is 18.5 Å². The smallest absolute Gasteiger partial charge is 0.255 e. The zero-order valence-corrected chi connectivity index (χ0v) is 11.4. The highest BCUT2D eigenvalue weighted by Crippen LogP contribution is 2.16. The van der Waals surface area contributed by atoms with E-state index in [0.29, 0.717) is 0 Å². The zero-order valence-electron chi connectivity index (χ0n) is 11.4. The molecule has 1 aromatic rings. The molecule has 2 heterocycles. The molecule has 0 atom stereocenters. The number of hydrogen-bond donors (Lipinski definition) is 1. The summed E-state index contributed by atoms with van der Waals surface area (Å²) in [5.74, 6) is 0.110. The lowest BCUT2D eigenvalue weighted by Gasteiger charge is -2.31. The molecule has 5 heteroatoms. The number of ether oxygens (including phenoxy) is 2. The summed E-state index contributed by atoms with van der Waals surface area (Å²) in [6.07, 6.45) is 6.58. The average molecular weight is 266 g/mol. The molecule has 106 valence electrons. The van der Waals surface area contributed by atoms with E-state index in [1.54, 1.807) is 19.5 Å². The van der Waals surface area contributed by atoms with Gasteiger partial charge >= 0.3 is 0 Å². The second kappa shape index (κ2) is 7.31. The van der Waals surface area contributed by atoms with Gasteiger partial charge in [0.2, 0.25) is 0 Å². The standard InChI is InChI=1S/C14H22N2O3/c1-18-9-2-10-19-13-4-7-16(8-5-13)14(17)12-3-6-15-11-12/h3,6,11,13,15H,2,4-5,7-10H2,1H3. The van der Waals surface area contributed by atoms with Crippen LogP contribution < -0.4 is 0 Å². The number of aromatic amines is 1. The predicted molar refractivity (Wildman–Crippen MR) is 72.2 cm³/mol. The maximum atomic E-state index is 12.1. The van der Waals surface area contributed by atoms with Crippen LogP contribution in [0.2, 0.25) is 0 Å². The van der Waals surface area contributed by atoms with E-state index in [0.717, 1.165) is 51.1 Å². The third kappa shape index (κ3) is 4.08. The lowest BCUT2D eigenvalue weighted by atomic mass is 10.1. The lowest BCUT2D eigenvalue weighted by Crippen LogP contribution is -2.40. The SMILES string of the molecule is COCCCOC1CCN(C(=O)c2cc[nH]c2)CC1. The molecule has 5 nitrogen and oxygen atoms in total. The topological polar surface area (TPSA) is 54.6 Å². The number of hydrogen-bond acceptors (Lipinski definition) is 3. The number of piperidine rings is 1. The fourth-order valence-corrected chi connectivity index (χ4v) is 2.32. The summed E-state index contributed by atoms with van der Waals surface area (Å²) >= 11 is 0. The number of amides is 1. The van der Waals surface area contributed by atoms with E-state index in [9.17, 15) is 4.79 Å². The van der Waals surface area contributed by atoms with Gasteiger partial charge in [0.25, 0.3) is 5.91 Å². The molecule has 19 heavy (non-hydrogen) atoms. The van der Waals surface area contributed by atoms with Crippen LogP contribution in [0.1, 0.15) is 29.6 Å². The van der Waals surface area contributed by atoms with Gasteiger partial charge in [-0.25, -0.2) is 0 Å². The molecule has 1 aromatic heterocycles. The maximum Gasteiger partial charge on any atom is 0.255 e. The molecule has 0 aromatic carbocycles. The first kappa shape index (κ1) is 14.1. The van der Waals surface area contributed by atoms with Crippen molar-refractivity contribution in [2.24, 2.45) is 0 Å². The van der Waals surface area contributed by atoms with Crippen molar-refractivity contribution in [3.63, 3.8) is 0 Å². The number of carbonyl (C=O) groups is 1. The highest BCUT2D eigenvalue weighted by atomic mass is 16.5. The number of H-pyrrole nitrogens is 1. The fraction of sp³-hybridized carbons (Fsp3) is 0.643. The molecule has 2 rings (SSSR count). The van der Waals surface area contributed by atoms with Crippen LogP contribution in [0.25, 0.3) is 0 Å². The molecule has 0 saturated carbocycles. The maximum absolute atomic E-state index is 12.1. The number of carbonyl (C=O) groups excluding carboxylic acids is 1. The quantitative estimate of drug-likeness (QED) is 0.797. The third-order valence-electron chi connectivity index (χ3n) is 3.42. The molecule has 1 saturated heterocycles. The Hall–Kier alpha value is -1.33. The van der Waals surface area contributed by atoms with Gasteiger partial charge in [-0.2, -0.15) is 0 Å². The summed E-state index contributed by atoms with van der Waals surface area (Å²) in [6.45, 7) is 3.03. The summed E-state index contributed by atoms with van der Waals surface area (Å²) < 4.78 is 10.8. The first-order valence-electron chi connectivity index (χ1n) is 6.84. The van der Waals surface area contributed by atoms with Crippen molar-refractivity contribution in [3.8, 4) is 0 Å². The van der Waals surface area contributed by atoms with Crippen LogP contribution in [-0.4, -0.2) is 55.3 Å². The molecule has 1 aliphatic heterocycles. The minimum atomic E-state index is 0.110. The number of likely N-dealkylation sites (tertiary alicyclic amines) is 1. The van der Waals surface area contributed by atoms with E-state index in [4.69, 9.17) is 9.47 Å². The number of aromatic nitrogens is 1. The molecule has 1 fully saturated rings. The van der Waals surface area contributed by atoms with E-state index in [1.807, 2.05) is 11.0 Å². The van der Waals surface area contributed by atoms with Crippen molar-refractivity contribution >= 4 is 5.91 Å². The number of nitrogens with one attached hydrogen (secondary N) is 1. The van der Waals surface area contributed by atoms with Crippen LogP contribution >= 0.6 is 0 Å². The molecule has 0 bridgehead atoms. The van der Waals surface area contributed by atoms with Crippen LogP contribution in [0.4, 0.5) is 0 Å². The van der Waals surface area contributed by atoms with E-state index >= 15 is 0 Å². The zero-order chi connectivity index (χ0) is 13.5. The van der Waals surface area contributed by atoms with Crippen LogP contribution in [0, 0.1) is 0 Å². The number of rotatable bonds is 6. The first-order chi connectivity index (χ1) is 9.31. The van der Waals surface area contributed by atoms with E-state index < -0.39 is 0 Å². The Morgan fingerprint density at radius 2 is 2.21 bits per heavy atom. The Balaban J connectivity index is 1.69. The van der Waals surface area contributed by atoms with Gasteiger partial charge < -0.3 is 19.4 Å². The Morgan fingerprint density at radius 1 is 1.42 bits per heavy atom. The second-order valence-corrected chi connectivity index (χ2v) is 4.81. The van der Waals surface area contributed by atoms with Gasteiger partial charge in [-0.05, 0) is 25.3 Å². The molecule has 0 aliphatic carbocycles. The van der Waals surface area contributed by atoms with E-state index in [2.05, 4.69) is 4.98 Å². The molecule has 0 unspecified atom stereocenters. The van der Waals surface area contributed by atoms with Gasteiger partial charge in [-0.1, -0.05) is 0 Å². The molecule has 1 amide bonds. The molecular formula is C14H22N2O3. The van der Waals surface area contributed by atoms with Crippen molar-refractivity contribution < 1.29 is 14.3 Å². The van der Waals surface area contributed by atoms with Crippen LogP contribution in [-0.2, 0) is 9.47 Å². The van der Waals surface area contributed by atoms with Crippen LogP contribution in [0.3, 0.4) is 0 Å². The average Bonchev–Trinajstić information content (AvgIpc) is 2.98. The second-order valence-electron chi connectivity index (χ2n) is 4.81. The van der Waals surface area contributed by atoms with Gasteiger partial charge in [-0.15, -0.1) is 0 Å². The fourth-order valence-electron chi connectivity index (χ4n) is 2.32. The Bertz CT molecular complexity index is 370. The van der Waals surface area contributed by atoms with Gasteiger partial charge in [0.1, 0.15) is 0 Å². The minimum absolute atomic E-state index is 0.110. The molecular weight excluding hydrogens is 244 g/mol. The highest BCUT2D eigenvalue weighted by molar-refractivity contribution is 5.94. The molecule has 0 spiro atoms. The van der Waals surface area contributed by atoms with Crippen molar-refractivity contribution in [1.82, 2.24) is 9.88 Å². The number of methoxy groups -OCH3 is 1. The molecule has 1 aliphatic rings. The third-order valence-corrected chi connectivity index (χ3v) is 3.42. The van der Waals surface area contributed by atoms with Crippen molar-refractivity contribution in [3.05, 3.63) is 24.0 Å². The van der Waals surface area contributed by atoms with Crippen molar-refractivity contribution in [2.75, 3.05) is 33.4 Å². The summed E-state index contributed by atoms with van der Waals surface area (Å²) in [4.78, 5) is 16.9. The summed E-state index contributed by atoms with van der Waals surface area (Å²) in [5.41, 5.74) is 0.736. The summed E-state index contributed by atoms with van der Waals surface area (Å²) in [7, 11) is 1.70. The largest absolute Gasteiger partial charge is 0.385 e. The van der Waals surface area contributed by atoms with E-state index in [-0.39, 0.29) is 12.0 Å². The summed E-state index contributed by atoms with van der Waals surface area (Å²) in [6, 6.07) is 1.82. The van der Waals surface area contributed by atoms with Gasteiger partial charge in [-0.3, -0.25) is 4.79 Å². The van der Waals surface area contributed by atoms with Gasteiger partial charge in [0, 0.05) is 45.8 Å². The Kier molecular flexibility index (Phi) is 5.42. The normalized spacial score (nSPS) is 16.8. The van der Waals surface area contributed by atoms with Crippen molar-refractivity contribution in [1.29, 1.82) is 0 Å². The Labute approximate surface area is 113 Å². The minimum Gasteiger partial charge on any atom is -0.385 e. The molecule has 1 N–H and O–H groups in total. The first-order valence-corrected chi connectivity index (χ1v) is 6.84. The number of nitrogens with zero attached hydrogens (tertiary/aromatic N) is 1. The van der Waals surface area contributed by atoms with Gasteiger partial charge in [0.15, 0.2) is 0 Å². The monoisotopic (exact) mass is 266 g/mol. The van der Waals surface area contributed by atoms with Crippen molar-refractivity contribution in [2.45, 2.75) is 25.4 Å². The summed E-state index contributed by atoms with van der Waals surface area (Å²) in [5, 5.41) is 0. The van der Waals surface area contributed by atoms with Gasteiger partial charge in [0.05, 0.1) is 11.7 Å². The lowest BCUT2D eigenvalue weighted by molar-refractivity contribution is 0.00189. The highest BCUT2D eigenvalue weighted by Gasteiger charge is 2.23. The molecule has 0 radical (unpaired) electrons. The van der Waals surface area contributed by atoms with Crippen LogP contribution in [0.5, 0.6) is 0 Å².